The van der Waals surface area contributed by atoms with Crippen LogP contribution < -0.4 is 11.3 Å². The van der Waals surface area contributed by atoms with Gasteiger partial charge in [-0.05, 0) is 57.1 Å². The Balaban J connectivity index is 1.57. The lowest BCUT2D eigenvalue weighted by Crippen LogP contribution is -2.49. The normalized spacial score (nSPS) is 31.4. The molecule has 3 atom stereocenters. The highest BCUT2D eigenvalue weighted by Gasteiger charge is 2.40. The maximum absolute atomic E-state index is 5.85. The molecular formula is C17H27N3. The monoisotopic (exact) mass is 273 g/mol. The topological polar surface area (TPSA) is 41.3 Å². The van der Waals surface area contributed by atoms with E-state index in [1.54, 1.807) is 0 Å². The van der Waals surface area contributed by atoms with Crippen molar-refractivity contribution >= 4 is 0 Å². The Morgan fingerprint density at radius 3 is 2.45 bits per heavy atom. The third-order valence-corrected chi connectivity index (χ3v) is 5.50. The second-order valence-electron chi connectivity index (χ2n) is 6.58. The SMILES string of the molecule is CN1C2CCC1CC(C(CCc1ccccc1)NN)C2. The number of rotatable bonds is 5. The van der Waals surface area contributed by atoms with Crippen molar-refractivity contribution < 1.29 is 0 Å². The van der Waals surface area contributed by atoms with Crippen molar-refractivity contribution in [1.82, 2.24) is 10.3 Å². The van der Waals surface area contributed by atoms with Crippen LogP contribution in [0.15, 0.2) is 30.3 Å². The molecule has 2 aliphatic heterocycles. The molecule has 0 amide bonds. The van der Waals surface area contributed by atoms with Gasteiger partial charge in [-0.2, -0.15) is 0 Å². The van der Waals surface area contributed by atoms with Crippen molar-refractivity contribution in [3.63, 3.8) is 0 Å². The predicted molar refractivity (Wildman–Crippen MR) is 83.2 cm³/mol. The van der Waals surface area contributed by atoms with Gasteiger partial charge >= 0.3 is 0 Å². The van der Waals surface area contributed by atoms with Gasteiger partial charge in [0.05, 0.1) is 0 Å². The largest absolute Gasteiger partial charge is 0.300 e. The number of hydrazine groups is 1. The molecule has 0 aromatic heterocycles. The molecule has 2 heterocycles. The molecule has 2 bridgehead atoms. The zero-order valence-electron chi connectivity index (χ0n) is 12.5. The number of nitrogens with zero attached hydrogens (tertiary/aromatic N) is 1. The fourth-order valence-corrected chi connectivity index (χ4v) is 4.20. The molecule has 0 radical (unpaired) electrons. The predicted octanol–water partition coefficient (Wildman–Crippen LogP) is 2.32. The molecule has 3 N–H and O–H groups in total. The highest BCUT2D eigenvalue weighted by Crippen LogP contribution is 2.39. The van der Waals surface area contributed by atoms with Gasteiger partial charge in [0, 0.05) is 18.1 Å². The second-order valence-corrected chi connectivity index (χ2v) is 6.58. The van der Waals surface area contributed by atoms with Crippen molar-refractivity contribution in [3.8, 4) is 0 Å². The molecule has 3 rings (SSSR count). The third kappa shape index (κ3) is 2.90. The zero-order chi connectivity index (χ0) is 13.9. The van der Waals surface area contributed by atoms with Crippen molar-refractivity contribution in [2.75, 3.05) is 7.05 Å². The smallest absolute Gasteiger partial charge is 0.0243 e. The van der Waals surface area contributed by atoms with Crippen LogP contribution in [-0.2, 0) is 6.42 Å². The van der Waals surface area contributed by atoms with E-state index in [4.69, 9.17) is 5.84 Å². The summed E-state index contributed by atoms with van der Waals surface area (Å²) in [6, 6.07) is 12.8. The van der Waals surface area contributed by atoms with Gasteiger partial charge in [-0.15, -0.1) is 0 Å². The van der Waals surface area contributed by atoms with Crippen LogP contribution in [0.1, 0.15) is 37.7 Å². The van der Waals surface area contributed by atoms with Crippen LogP contribution in [-0.4, -0.2) is 30.1 Å². The number of hydrogen-bond donors (Lipinski definition) is 2. The molecule has 3 heteroatoms. The minimum Gasteiger partial charge on any atom is -0.300 e. The average Bonchev–Trinajstić information content (AvgIpc) is 2.71. The standard InChI is InChI=1S/C17H27N3/c1-20-15-8-9-16(20)12-14(11-15)17(19-18)10-7-13-5-3-2-4-6-13/h2-6,14-17,19H,7-12,18H2,1H3. The van der Waals surface area contributed by atoms with Crippen LogP contribution in [0.25, 0.3) is 0 Å². The Morgan fingerprint density at radius 1 is 1.20 bits per heavy atom. The van der Waals surface area contributed by atoms with E-state index in [9.17, 15) is 0 Å². The summed E-state index contributed by atoms with van der Waals surface area (Å²) >= 11 is 0. The molecule has 1 aromatic rings. The molecule has 1 aromatic carbocycles. The minimum atomic E-state index is 0.465. The highest BCUT2D eigenvalue weighted by molar-refractivity contribution is 5.15. The number of hydrogen-bond acceptors (Lipinski definition) is 3. The van der Waals surface area contributed by atoms with Crippen molar-refractivity contribution in [2.45, 2.75) is 56.7 Å². The molecule has 2 saturated heterocycles. The number of aryl methyl sites for hydroxylation is 1. The van der Waals surface area contributed by atoms with E-state index in [0.717, 1.165) is 30.8 Å². The number of nitrogens with one attached hydrogen (secondary N) is 1. The summed E-state index contributed by atoms with van der Waals surface area (Å²) in [6.07, 6.45) is 7.67. The van der Waals surface area contributed by atoms with Gasteiger partial charge in [-0.1, -0.05) is 30.3 Å². The Hall–Kier alpha value is -0.900. The van der Waals surface area contributed by atoms with Crippen LogP contribution >= 0.6 is 0 Å². The van der Waals surface area contributed by atoms with Crippen LogP contribution in [0.2, 0.25) is 0 Å². The van der Waals surface area contributed by atoms with Gasteiger partial charge < -0.3 is 4.90 Å². The highest BCUT2D eigenvalue weighted by atomic mass is 15.2. The molecular weight excluding hydrogens is 246 g/mol. The first-order chi connectivity index (χ1) is 9.78. The molecule has 0 saturated carbocycles. The van der Waals surface area contributed by atoms with Gasteiger partial charge in [0.2, 0.25) is 0 Å². The summed E-state index contributed by atoms with van der Waals surface area (Å²) in [4.78, 5) is 2.60. The molecule has 3 nitrogen and oxygen atoms in total. The summed E-state index contributed by atoms with van der Waals surface area (Å²) in [5.74, 6) is 6.60. The molecule has 2 aliphatic rings. The lowest BCUT2D eigenvalue weighted by Gasteiger charge is -2.39. The summed E-state index contributed by atoms with van der Waals surface area (Å²) in [5, 5.41) is 0. The summed E-state index contributed by atoms with van der Waals surface area (Å²) in [6.45, 7) is 0. The minimum absolute atomic E-state index is 0.465. The first-order valence-electron chi connectivity index (χ1n) is 8.00. The van der Waals surface area contributed by atoms with E-state index in [-0.39, 0.29) is 0 Å². The lowest BCUT2D eigenvalue weighted by atomic mass is 9.83. The Morgan fingerprint density at radius 2 is 1.85 bits per heavy atom. The molecule has 0 spiro atoms. The van der Waals surface area contributed by atoms with Gasteiger partial charge in [-0.3, -0.25) is 11.3 Å². The van der Waals surface area contributed by atoms with Crippen molar-refractivity contribution in [2.24, 2.45) is 11.8 Å². The molecule has 20 heavy (non-hydrogen) atoms. The quantitative estimate of drug-likeness (QED) is 0.639. The molecule has 3 unspecified atom stereocenters. The van der Waals surface area contributed by atoms with E-state index in [1.165, 1.54) is 31.2 Å². The number of piperidine rings is 1. The molecule has 0 aliphatic carbocycles. The molecule has 2 fully saturated rings. The van der Waals surface area contributed by atoms with Gasteiger partial charge in [-0.25, -0.2) is 0 Å². The second kappa shape index (κ2) is 6.25. The zero-order valence-corrected chi connectivity index (χ0v) is 12.5. The summed E-state index contributed by atoms with van der Waals surface area (Å²) in [5.41, 5.74) is 4.53. The number of fused-ring (bicyclic) bond motifs is 2. The third-order valence-electron chi connectivity index (χ3n) is 5.50. The Labute approximate surface area is 122 Å². The van der Waals surface area contributed by atoms with E-state index in [1.807, 2.05) is 0 Å². The summed E-state index contributed by atoms with van der Waals surface area (Å²) < 4.78 is 0. The fraction of sp³-hybridized carbons (Fsp3) is 0.647. The maximum Gasteiger partial charge on any atom is 0.0243 e. The van der Waals surface area contributed by atoms with Gasteiger partial charge in [0.1, 0.15) is 0 Å². The van der Waals surface area contributed by atoms with Crippen LogP contribution in [0, 0.1) is 5.92 Å². The van der Waals surface area contributed by atoms with Gasteiger partial charge in [0.15, 0.2) is 0 Å². The average molecular weight is 273 g/mol. The van der Waals surface area contributed by atoms with Crippen LogP contribution in [0.4, 0.5) is 0 Å². The first kappa shape index (κ1) is 14.1. The van der Waals surface area contributed by atoms with Crippen LogP contribution in [0.3, 0.4) is 0 Å². The van der Waals surface area contributed by atoms with E-state index >= 15 is 0 Å². The summed E-state index contributed by atoms with van der Waals surface area (Å²) in [7, 11) is 2.30. The van der Waals surface area contributed by atoms with Gasteiger partial charge in [0.25, 0.3) is 0 Å². The lowest BCUT2D eigenvalue weighted by molar-refractivity contribution is 0.110. The Bertz CT molecular complexity index is 406. The molecule has 110 valence electrons. The maximum atomic E-state index is 5.85. The Kier molecular flexibility index (Phi) is 4.39. The fourth-order valence-electron chi connectivity index (χ4n) is 4.20. The first-order valence-corrected chi connectivity index (χ1v) is 8.00. The van der Waals surface area contributed by atoms with Crippen molar-refractivity contribution in [1.29, 1.82) is 0 Å². The number of nitrogens with two attached hydrogens (primary N) is 1. The van der Waals surface area contributed by atoms with Crippen molar-refractivity contribution in [3.05, 3.63) is 35.9 Å². The number of benzene rings is 1. The van der Waals surface area contributed by atoms with E-state index in [0.29, 0.717) is 6.04 Å². The van der Waals surface area contributed by atoms with E-state index < -0.39 is 0 Å². The van der Waals surface area contributed by atoms with Crippen LogP contribution in [0.5, 0.6) is 0 Å². The van der Waals surface area contributed by atoms with E-state index in [2.05, 4.69) is 47.7 Å².